The first-order chi connectivity index (χ1) is 7.69. The molecule has 16 heavy (non-hydrogen) atoms. The average Bonchev–Trinajstić information content (AvgIpc) is 2.29. The Kier molecular flexibility index (Phi) is 2.04. The summed E-state index contributed by atoms with van der Waals surface area (Å²) >= 11 is 1.40. The normalized spacial score (nSPS) is 16.4. The lowest BCUT2D eigenvalue weighted by molar-refractivity contribution is 0.0358. The number of hydrogen-bond donors (Lipinski definition) is 0. The van der Waals surface area contributed by atoms with E-state index in [4.69, 9.17) is 0 Å². The van der Waals surface area contributed by atoms with Gasteiger partial charge in [-0.25, -0.2) is 0 Å². The lowest BCUT2D eigenvalue weighted by Crippen LogP contribution is -2.20. The van der Waals surface area contributed by atoms with E-state index in [0.29, 0.717) is 9.79 Å². The SMILES string of the molecule is FC1(F)c2ccccc2Sc2ccccc21. The van der Waals surface area contributed by atoms with Crippen LogP contribution >= 0.6 is 11.8 Å². The van der Waals surface area contributed by atoms with Crippen molar-refractivity contribution in [3.63, 3.8) is 0 Å². The second-order valence-electron chi connectivity index (χ2n) is 3.67. The molecule has 3 rings (SSSR count). The molecule has 0 fully saturated rings. The zero-order valence-electron chi connectivity index (χ0n) is 8.28. The highest BCUT2D eigenvalue weighted by atomic mass is 32.2. The topological polar surface area (TPSA) is 0 Å². The van der Waals surface area contributed by atoms with Gasteiger partial charge >= 0.3 is 5.92 Å². The minimum absolute atomic E-state index is 0.110. The predicted octanol–water partition coefficient (Wildman–Crippen LogP) is 4.29. The van der Waals surface area contributed by atoms with Crippen LogP contribution in [-0.4, -0.2) is 0 Å². The van der Waals surface area contributed by atoms with Gasteiger partial charge in [0.25, 0.3) is 0 Å². The number of alkyl halides is 2. The Morgan fingerprint density at radius 1 is 0.750 bits per heavy atom. The fraction of sp³-hybridized carbons (Fsp3) is 0.0769. The molecule has 0 amide bonds. The van der Waals surface area contributed by atoms with Gasteiger partial charge in [-0.2, -0.15) is 8.78 Å². The van der Waals surface area contributed by atoms with Crippen molar-refractivity contribution < 1.29 is 8.78 Å². The fourth-order valence-electron chi connectivity index (χ4n) is 1.89. The highest BCUT2D eigenvalue weighted by Crippen LogP contribution is 2.50. The Morgan fingerprint density at radius 2 is 1.19 bits per heavy atom. The van der Waals surface area contributed by atoms with Crippen molar-refractivity contribution in [2.24, 2.45) is 0 Å². The maximum Gasteiger partial charge on any atom is 0.300 e. The third-order valence-electron chi connectivity index (χ3n) is 2.67. The molecule has 3 heteroatoms. The number of halogens is 2. The van der Waals surface area contributed by atoms with Gasteiger partial charge in [0, 0.05) is 20.9 Å². The van der Waals surface area contributed by atoms with E-state index in [1.807, 2.05) is 0 Å². The van der Waals surface area contributed by atoms with Crippen molar-refractivity contribution in [3.05, 3.63) is 59.7 Å². The van der Waals surface area contributed by atoms with Crippen LogP contribution in [0, 0.1) is 0 Å². The van der Waals surface area contributed by atoms with Crippen LogP contribution in [0.4, 0.5) is 8.78 Å². The van der Waals surface area contributed by atoms with Gasteiger partial charge in [0.15, 0.2) is 0 Å². The quantitative estimate of drug-likeness (QED) is 0.655. The highest BCUT2D eigenvalue weighted by Gasteiger charge is 2.41. The molecule has 0 nitrogen and oxygen atoms in total. The van der Waals surface area contributed by atoms with Crippen LogP contribution in [0.2, 0.25) is 0 Å². The molecule has 0 unspecified atom stereocenters. The van der Waals surface area contributed by atoms with Crippen molar-refractivity contribution in [2.75, 3.05) is 0 Å². The Labute approximate surface area is 96.3 Å². The van der Waals surface area contributed by atoms with Gasteiger partial charge in [0.05, 0.1) is 0 Å². The zero-order chi connectivity index (χ0) is 11.2. The van der Waals surface area contributed by atoms with E-state index in [9.17, 15) is 8.78 Å². The van der Waals surface area contributed by atoms with Gasteiger partial charge < -0.3 is 0 Å². The maximum absolute atomic E-state index is 14.2. The third kappa shape index (κ3) is 1.28. The predicted molar refractivity (Wildman–Crippen MR) is 60.0 cm³/mol. The average molecular weight is 234 g/mol. The first kappa shape index (κ1) is 9.85. The summed E-state index contributed by atoms with van der Waals surface area (Å²) in [6.07, 6.45) is 0. The van der Waals surface area contributed by atoms with Crippen molar-refractivity contribution in [3.8, 4) is 0 Å². The summed E-state index contributed by atoms with van der Waals surface area (Å²) in [4.78, 5) is 1.29. The molecule has 0 saturated heterocycles. The molecule has 2 aromatic rings. The van der Waals surface area contributed by atoms with E-state index in [1.165, 1.54) is 23.9 Å². The number of rotatable bonds is 0. The van der Waals surface area contributed by atoms with Crippen LogP contribution < -0.4 is 0 Å². The summed E-state index contributed by atoms with van der Waals surface area (Å²) in [7, 11) is 0. The molecule has 0 N–H and O–H groups in total. The number of hydrogen-bond acceptors (Lipinski definition) is 1. The highest BCUT2D eigenvalue weighted by molar-refractivity contribution is 7.99. The molecule has 0 radical (unpaired) electrons. The third-order valence-corrected chi connectivity index (χ3v) is 3.82. The van der Waals surface area contributed by atoms with Crippen LogP contribution in [0.3, 0.4) is 0 Å². The van der Waals surface area contributed by atoms with Crippen LogP contribution in [0.25, 0.3) is 0 Å². The Balaban J connectivity index is 2.28. The lowest BCUT2D eigenvalue weighted by atomic mass is 10.00. The minimum atomic E-state index is -2.88. The summed E-state index contributed by atoms with van der Waals surface area (Å²) in [6.45, 7) is 0. The molecule has 0 saturated carbocycles. The van der Waals surface area contributed by atoms with Gasteiger partial charge in [-0.1, -0.05) is 48.2 Å². The second-order valence-corrected chi connectivity index (χ2v) is 4.75. The van der Waals surface area contributed by atoms with E-state index < -0.39 is 5.92 Å². The van der Waals surface area contributed by atoms with Crippen molar-refractivity contribution >= 4 is 11.8 Å². The van der Waals surface area contributed by atoms with Crippen LogP contribution in [-0.2, 0) is 5.92 Å². The number of benzene rings is 2. The van der Waals surface area contributed by atoms with Gasteiger partial charge in [0.2, 0.25) is 0 Å². The summed E-state index contributed by atoms with van der Waals surface area (Å²) in [5.41, 5.74) is 0.220. The Morgan fingerprint density at radius 3 is 1.69 bits per heavy atom. The summed E-state index contributed by atoms with van der Waals surface area (Å²) in [6, 6.07) is 13.4. The van der Waals surface area contributed by atoms with E-state index in [2.05, 4.69) is 0 Å². The molecule has 1 aliphatic rings. The van der Waals surface area contributed by atoms with Crippen molar-refractivity contribution in [2.45, 2.75) is 15.7 Å². The molecule has 1 aliphatic heterocycles. The second kappa shape index (κ2) is 3.32. The minimum Gasteiger partial charge on any atom is -0.196 e. The molecule has 2 aromatic carbocycles. The molecule has 0 bridgehead atoms. The summed E-state index contributed by atoms with van der Waals surface area (Å²) in [5, 5.41) is 0. The largest absolute Gasteiger partial charge is 0.300 e. The monoisotopic (exact) mass is 234 g/mol. The molecule has 1 heterocycles. The lowest BCUT2D eigenvalue weighted by Gasteiger charge is -2.27. The van der Waals surface area contributed by atoms with Crippen molar-refractivity contribution in [1.29, 1.82) is 0 Å². The maximum atomic E-state index is 14.2. The van der Waals surface area contributed by atoms with Gasteiger partial charge in [-0.05, 0) is 12.1 Å². The van der Waals surface area contributed by atoms with E-state index in [0.717, 1.165) is 0 Å². The Bertz CT molecular complexity index is 502. The van der Waals surface area contributed by atoms with Crippen molar-refractivity contribution in [1.82, 2.24) is 0 Å². The van der Waals surface area contributed by atoms with E-state index in [1.54, 1.807) is 36.4 Å². The van der Waals surface area contributed by atoms with Gasteiger partial charge in [-0.3, -0.25) is 0 Å². The van der Waals surface area contributed by atoms with Crippen LogP contribution in [0.15, 0.2) is 58.3 Å². The molecule has 80 valence electrons. The fourth-order valence-corrected chi connectivity index (χ4v) is 3.04. The zero-order valence-corrected chi connectivity index (χ0v) is 9.10. The molecular weight excluding hydrogens is 226 g/mol. The summed E-state index contributed by atoms with van der Waals surface area (Å²) < 4.78 is 28.4. The molecule has 0 aliphatic carbocycles. The first-order valence-corrected chi connectivity index (χ1v) is 5.76. The first-order valence-electron chi connectivity index (χ1n) is 4.94. The Hall–Kier alpha value is -1.35. The van der Waals surface area contributed by atoms with E-state index >= 15 is 0 Å². The molecule has 0 aromatic heterocycles. The van der Waals surface area contributed by atoms with E-state index in [-0.39, 0.29) is 11.1 Å². The smallest absolute Gasteiger partial charge is 0.196 e. The van der Waals surface area contributed by atoms with Crippen LogP contribution in [0.5, 0.6) is 0 Å². The molecule has 0 atom stereocenters. The van der Waals surface area contributed by atoms with Crippen LogP contribution in [0.1, 0.15) is 11.1 Å². The number of fused-ring (bicyclic) bond motifs is 2. The standard InChI is InChI=1S/C13H8F2S/c14-13(15)9-5-1-3-7-11(9)16-12-8-4-2-6-10(12)13/h1-8H. The molecule has 0 spiro atoms. The summed E-state index contributed by atoms with van der Waals surface area (Å²) in [5.74, 6) is -2.88. The van der Waals surface area contributed by atoms with Gasteiger partial charge in [0.1, 0.15) is 0 Å². The molecular formula is C13H8F2S. The van der Waals surface area contributed by atoms with Gasteiger partial charge in [-0.15, -0.1) is 0 Å².